The van der Waals surface area contributed by atoms with Crippen LogP contribution in [0.15, 0.2) is 56.3 Å². The van der Waals surface area contributed by atoms with Crippen LogP contribution < -0.4 is 5.43 Å². The molecule has 1 aliphatic heterocycles. The van der Waals surface area contributed by atoms with E-state index in [1.54, 1.807) is 47.6 Å². The smallest absolute Gasteiger partial charge is 0.291 e. The van der Waals surface area contributed by atoms with Crippen LogP contribution in [0.2, 0.25) is 0 Å². The SMILES string of the molecule is CN(C)CCCN1C(=O)c2oc3ccccc3c(=O)c2C1c1ccco1. The van der Waals surface area contributed by atoms with Gasteiger partial charge in [-0.3, -0.25) is 9.59 Å². The second-order valence-electron chi connectivity index (χ2n) is 6.74. The molecule has 6 heteroatoms. The predicted molar refractivity (Wildman–Crippen MR) is 97.2 cm³/mol. The molecule has 3 heterocycles. The molecule has 1 atom stereocenters. The van der Waals surface area contributed by atoms with Crippen molar-refractivity contribution in [3.05, 3.63) is 70.0 Å². The van der Waals surface area contributed by atoms with Crippen LogP contribution in [0.25, 0.3) is 11.0 Å². The lowest BCUT2D eigenvalue weighted by Gasteiger charge is -2.23. The number of rotatable bonds is 5. The lowest BCUT2D eigenvalue weighted by molar-refractivity contribution is 0.0708. The highest BCUT2D eigenvalue weighted by Crippen LogP contribution is 2.38. The minimum absolute atomic E-state index is 0.125. The van der Waals surface area contributed by atoms with Gasteiger partial charge in [-0.2, -0.15) is 0 Å². The van der Waals surface area contributed by atoms with Gasteiger partial charge >= 0.3 is 0 Å². The van der Waals surface area contributed by atoms with Crippen molar-refractivity contribution >= 4 is 16.9 Å². The van der Waals surface area contributed by atoms with Gasteiger partial charge in [0.15, 0.2) is 5.43 Å². The monoisotopic (exact) mass is 352 g/mol. The number of carbonyl (C=O) groups is 1. The third-order valence-electron chi connectivity index (χ3n) is 4.69. The normalized spacial score (nSPS) is 16.7. The molecule has 1 unspecified atom stereocenters. The summed E-state index contributed by atoms with van der Waals surface area (Å²) in [4.78, 5) is 29.9. The highest BCUT2D eigenvalue weighted by atomic mass is 16.4. The molecule has 26 heavy (non-hydrogen) atoms. The molecular formula is C20H20N2O4. The van der Waals surface area contributed by atoms with Gasteiger partial charge in [-0.1, -0.05) is 12.1 Å². The molecule has 1 amide bonds. The molecule has 0 spiro atoms. The van der Waals surface area contributed by atoms with Crippen LogP contribution in [0.1, 0.15) is 34.3 Å². The molecule has 0 N–H and O–H groups in total. The molecule has 0 radical (unpaired) electrons. The van der Waals surface area contributed by atoms with E-state index >= 15 is 0 Å². The molecule has 6 nitrogen and oxygen atoms in total. The maximum absolute atomic E-state index is 13.1. The third-order valence-corrected chi connectivity index (χ3v) is 4.69. The Morgan fingerprint density at radius 2 is 1.92 bits per heavy atom. The second-order valence-corrected chi connectivity index (χ2v) is 6.74. The van der Waals surface area contributed by atoms with Crippen molar-refractivity contribution in [2.75, 3.05) is 27.2 Å². The van der Waals surface area contributed by atoms with Crippen LogP contribution >= 0.6 is 0 Å². The Balaban J connectivity index is 1.84. The summed E-state index contributed by atoms with van der Waals surface area (Å²) in [5.74, 6) is 0.437. The zero-order valence-electron chi connectivity index (χ0n) is 14.8. The number of para-hydroxylation sites is 1. The van der Waals surface area contributed by atoms with Gasteiger partial charge in [-0.25, -0.2) is 0 Å². The minimum Gasteiger partial charge on any atom is -0.467 e. The maximum Gasteiger partial charge on any atom is 0.291 e. The van der Waals surface area contributed by atoms with Gasteiger partial charge in [0.2, 0.25) is 5.76 Å². The first-order valence-corrected chi connectivity index (χ1v) is 8.63. The number of nitrogens with zero attached hydrogens (tertiary/aromatic N) is 2. The summed E-state index contributed by atoms with van der Waals surface area (Å²) >= 11 is 0. The van der Waals surface area contributed by atoms with Crippen LogP contribution in [-0.2, 0) is 0 Å². The van der Waals surface area contributed by atoms with Crippen LogP contribution in [-0.4, -0.2) is 42.9 Å². The van der Waals surface area contributed by atoms with E-state index in [1.807, 2.05) is 14.1 Å². The number of hydrogen-bond donors (Lipinski definition) is 0. The van der Waals surface area contributed by atoms with E-state index < -0.39 is 6.04 Å². The van der Waals surface area contributed by atoms with Crippen LogP contribution in [0, 0.1) is 0 Å². The third kappa shape index (κ3) is 2.63. The molecule has 0 saturated heterocycles. The number of hydrogen-bond acceptors (Lipinski definition) is 5. The average Bonchev–Trinajstić information content (AvgIpc) is 3.23. The summed E-state index contributed by atoms with van der Waals surface area (Å²) in [7, 11) is 3.98. The molecule has 0 aliphatic carbocycles. The van der Waals surface area contributed by atoms with Crippen molar-refractivity contribution in [1.29, 1.82) is 0 Å². The first-order valence-electron chi connectivity index (χ1n) is 8.63. The first kappa shape index (κ1) is 16.6. The molecule has 0 saturated carbocycles. The van der Waals surface area contributed by atoms with E-state index in [2.05, 4.69) is 4.90 Å². The number of amides is 1. The Labute approximate surface area is 150 Å². The molecule has 2 aromatic heterocycles. The van der Waals surface area contributed by atoms with Gasteiger partial charge in [0.05, 0.1) is 17.2 Å². The molecule has 1 aromatic carbocycles. The summed E-state index contributed by atoms with van der Waals surface area (Å²) in [5, 5.41) is 0.478. The summed E-state index contributed by atoms with van der Waals surface area (Å²) < 4.78 is 11.4. The van der Waals surface area contributed by atoms with Crippen molar-refractivity contribution in [1.82, 2.24) is 9.80 Å². The van der Waals surface area contributed by atoms with Gasteiger partial charge in [-0.05, 0) is 51.3 Å². The van der Waals surface area contributed by atoms with Gasteiger partial charge in [0.1, 0.15) is 17.4 Å². The van der Waals surface area contributed by atoms with E-state index in [1.165, 1.54) is 0 Å². The van der Waals surface area contributed by atoms with Crippen molar-refractivity contribution in [3.8, 4) is 0 Å². The second kappa shape index (κ2) is 6.46. The number of furan rings is 1. The van der Waals surface area contributed by atoms with Crippen molar-refractivity contribution in [3.63, 3.8) is 0 Å². The van der Waals surface area contributed by atoms with Crippen LogP contribution in [0.5, 0.6) is 0 Å². The number of fused-ring (bicyclic) bond motifs is 2. The van der Waals surface area contributed by atoms with E-state index in [4.69, 9.17) is 8.83 Å². The summed E-state index contributed by atoms with van der Waals surface area (Å²) in [6.07, 6.45) is 2.34. The predicted octanol–water partition coefficient (Wildman–Crippen LogP) is 2.88. The molecule has 0 bridgehead atoms. The molecule has 0 fully saturated rings. The Bertz CT molecular complexity index is 1000. The Hall–Kier alpha value is -2.86. The highest BCUT2D eigenvalue weighted by Gasteiger charge is 2.43. The van der Waals surface area contributed by atoms with Crippen LogP contribution in [0.3, 0.4) is 0 Å². The zero-order chi connectivity index (χ0) is 18.3. The number of carbonyl (C=O) groups excluding carboxylic acids is 1. The molecule has 134 valence electrons. The lowest BCUT2D eigenvalue weighted by atomic mass is 10.0. The van der Waals surface area contributed by atoms with E-state index in [-0.39, 0.29) is 17.1 Å². The summed E-state index contributed by atoms with van der Waals surface area (Å²) in [6.45, 7) is 1.36. The van der Waals surface area contributed by atoms with Crippen molar-refractivity contribution in [2.45, 2.75) is 12.5 Å². The Kier molecular flexibility index (Phi) is 4.12. The average molecular weight is 352 g/mol. The minimum atomic E-state index is -0.546. The standard InChI is InChI=1S/C20H20N2O4/c1-21(2)10-6-11-22-17(15-9-5-12-25-15)16-18(23)13-7-3-4-8-14(13)26-19(16)20(22)24/h3-5,7-9,12,17H,6,10-11H2,1-2H3. The molecule has 3 aromatic rings. The highest BCUT2D eigenvalue weighted by molar-refractivity contribution is 5.98. The largest absolute Gasteiger partial charge is 0.467 e. The quantitative estimate of drug-likeness (QED) is 0.706. The fourth-order valence-electron chi connectivity index (χ4n) is 3.50. The Morgan fingerprint density at radius 3 is 2.65 bits per heavy atom. The fourth-order valence-corrected chi connectivity index (χ4v) is 3.50. The van der Waals surface area contributed by atoms with Crippen molar-refractivity contribution in [2.24, 2.45) is 0 Å². The summed E-state index contributed by atoms with van der Waals surface area (Å²) in [5.41, 5.74) is 0.623. The van der Waals surface area contributed by atoms with E-state index in [9.17, 15) is 9.59 Å². The number of benzene rings is 1. The first-order chi connectivity index (χ1) is 12.6. The zero-order valence-corrected chi connectivity index (χ0v) is 14.8. The van der Waals surface area contributed by atoms with Crippen LogP contribution in [0.4, 0.5) is 0 Å². The van der Waals surface area contributed by atoms with Gasteiger partial charge in [-0.15, -0.1) is 0 Å². The summed E-state index contributed by atoms with van der Waals surface area (Å²) in [6, 6.07) is 10.0. The molecule has 4 rings (SSSR count). The maximum atomic E-state index is 13.1. The molecular weight excluding hydrogens is 332 g/mol. The van der Waals surface area contributed by atoms with Gasteiger partial charge < -0.3 is 18.6 Å². The lowest BCUT2D eigenvalue weighted by Crippen LogP contribution is -2.32. The van der Waals surface area contributed by atoms with Gasteiger partial charge in [0.25, 0.3) is 5.91 Å². The Morgan fingerprint density at radius 1 is 1.12 bits per heavy atom. The van der Waals surface area contributed by atoms with E-state index in [0.717, 1.165) is 13.0 Å². The molecule has 1 aliphatic rings. The fraction of sp³-hybridized carbons (Fsp3) is 0.300. The topological polar surface area (TPSA) is 66.9 Å². The van der Waals surface area contributed by atoms with Crippen molar-refractivity contribution < 1.29 is 13.6 Å². The van der Waals surface area contributed by atoms with E-state index in [0.29, 0.717) is 28.8 Å². The van der Waals surface area contributed by atoms with Gasteiger partial charge in [0, 0.05) is 6.54 Å².